The second-order valence-electron chi connectivity index (χ2n) is 6.82. The highest BCUT2D eigenvalue weighted by atomic mass is 19.4. The lowest BCUT2D eigenvalue weighted by Gasteiger charge is -2.31. The quantitative estimate of drug-likeness (QED) is 0.495. The van der Waals surface area contributed by atoms with E-state index < -0.39 is 51.9 Å². The van der Waals surface area contributed by atoms with Gasteiger partial charge in [-0.05, 0) is 52.8 Å². The van der Waals surface area contributed by atoms with Gasteiger partial charge in [-0.3, -0.25) is 14.4 Å². The van der Waals surface area contributed by atoms with Crippen LogP contribution in [0, 0.1) is 5.82 Å². The minimum absolute atomic E-state index is 0.433. The SMILES string of the molecule is CC(=O)[C@@](C)(C(=O)OC(C)(C)C)c1cc(F)ccc1NC(=O)C(F)(F)F. The summed E-state index contributed by atoms with van der Waals surface area (Å²) in [6, 6.07) is 2.36. The van der Waals surface area contributed by atoms with Crippen LogP contribution in [-0.2, 0) is 24.5 Å². The number of benzene rings is 1. The van der Waals surface area contributed by atoms with Crippen LogP contribution in [0.5, 0.6) is 0 Å². The maximum Gasteiger partial charge on any atom is 0.471 e. The Bertz CT molecular complexity index is 737. The number of carbonyl (C=O) groups excluding carboxylic acids is 3. The number of ketones is 1. The first-order chi connectivity index (χ1) is 11.6. The molecule has 1 aromatic carbocycles. The van der Waals surface area contributed by atoms with Crippen molar-refractivity contribution in [1.29, 1.82) is 0 Å². The summed E-state index contributed by atoms with van der Waals surface area (Å²) in [6.07, 6.45) is -5.20. The van der Waals surface area contributed by atoms with E-state index in [1.807, 2.05) is 0 Å². The number of hydrogen-bond acceptors (Lipinski definition) is 4. The lowest BCUT2D eigenvalue weighted by Crippen LogP contribution is -2.45. The Hall–Kier alpha value is -2.45. The first-order valence-corrected chi connectivity index (χ1v) is 7.51. The van der Waals surface area contributed by atoms with Crippen LogP contribution >= 0.6 is 0 Å². The van der Waals surface area contributed by atoms with Crippen molar-refractivity contribution in [3.05, 3.63) is 29.6 Å². The molecule has 1 amide bonds. The fourth-order valence-electron chi connectivity index (χ4n) is 2.06. The Kier molecular flexibility index (Phi) is 5.85. The number of carbonyl (C=O) groups is 3. The Morgan fingerprint density at radius 3 is 2.00 bits per heavy atom. The molecule has 0 saturated carbocycles. The predicted molar refractivity (Wildman–Crippen MR) is 85.0 cm³/mol. The van der Waals surface area contributed by atoms with Crippen LogP contribution in [-0.4, -0.2) is 29.4 Å². The second-order valence-corrected chi connectivity index (χ2v) is 6.82. The summed E-state index contributed by atoms with van der Waals surface area (Å²) in [5.41, 5.74) is -4.07. The third-order valence-electron chi connectivity index (χ3n) is 3.54. The molecule has 144 valence electrons. The fraction of sp³-hybridized carbons (Fsp3) is 0.471. The van der Waals surface area contributed by atoms with E-state index in [1.165, 1.54) is 20.8 Å². The molecule has 0 aliphatic heterocycles. The molecule has 0 bridgehead atoms. The summed E-state index contributed by atoms with van der Waals surface area (Å²) in [5, 5.41) is 1.57. The van der Waals surface area contributed by atoms with Crippen molar-refractivity contribution >= 4 is 23.3 Å². The van der Waals surface area contributed by atoms with Crippen molar-refractivity contribution in [3.63, 3.8) is 0 Å². The molecule has 1 aromatic rings. The average molecular weight is 377 g/mol. The van der Waals surface area contributed by atoms with E-state index in [2.05, 4.69) is 0 Å². The largest absolute Gasteiger partial charge is 0.471 e. The fourth-order valence-corrected chi connectivity index (χ4v) is 2.06. The molecule has 1 N–H and O–H groups in total. The van der Waals surface area contributed by atoms with Gasteiger partial charge in [-0.25, -0.2) is 4.39 Å². The molecule has 0 saturated heterocycles. The minimum Gasteiger partial charge on any atom is -0.459 e. The van der Waals surface area contributed by atoms with E-state index in [1.54, 1.807) is 5.32 Å². The van der Waals surface area contributed by atoms with Crippen molar-refractivity contribution in [2.45, 2.75) is 51.8 Å². The first kappa shape index (κ1) is 21.6. The molecule has 9 heteroatoms. The van der Waals surface area contributed by atoms with Gasteiger partial charge in [0.2, 0.25) is 0 Å². The van der Waals surface area contributed by atoms with E-state index in [0.717, 1.165) is 32.0 Å². The van der Waals surface area contributed by atoms with Gasteiger partial charge in [0.15, 0.2) is 5.78 Å². The summed E-state index contributed by atoms with van der Waals surface area (Å²) < 4.78 is 56.5. The molecule has 0 fully saturated rings. The zero-order valence-electron chi connectivity index (χ0n) is 14.9. The highest BCUT2D eigenvalue weighted by Gasteiger charge is 2.46. The lowest BCUT2D eigenvalue weighted by atomic mass is 9.78. The molecule has 5 nitrogen and oxygen atoms in total. The zero-order valence-corrected chi connectivity index (χ0v) is 14.9. The van der Waals surface area contributed by atoms with Crippen molar-refractivity contribution in [1.82, 2.24) is 0 Å². The van der Waals surface area contributed by atoms with Gasteiger partial charge < -0.3 is 10.1 Å². The summed E-state index contributed by atoms with van der Waals surface area (Å²) in [7, 11) is 0. The maximum atomic E-state index is 13.7. The van der Waals surface area contributed by atoms with Crippen molar-refractivity contribution in [3.8, 4) is 0 Å². The van der Waals surface area contributed by atoms with Gasteiger partial charge in [0.05, 0.1) is 0 Å². The molecule has 0 spiro atoms. The van der Waals surface area contributed by atoms with Gasteiger partial charge in [0, 0.05) is 11.3 Å². The van der Waals surface area contributed by atoms with Gasteiger partial charge in [-0.15, -0.1) is 0 Å². The molecular formula is C17H19F4NO4. The monoisotopic (exact) mass is 377 g/mol. The number of halogens is 4. The molecule has 0 aromatic heterocycles. The second kappa shape index (κ2) is 7.05. The van der Waals surface area contributed by atoms with E-state index >= 15 is 0 Å². The van der Waals surface area contributed by atoms with Gasteiger partial charge in [0.1, 0.15) is 16.8 Å². The molecule has 0 aliphatic rings. The molecular weight excluding hydrogens is 358 g/mol. The van der Waals surface area contributed by atoms with Crippen LogP contribution in [0.25, 0.3) is 0 Å². The van der Waals surface area contributed by atoms with Gasteiger partial charge in [0.25, 0.3) is 0 Å². The number of rotatable bonds is 4. The van der Waals surface area contributed by atoms with E-state index in [0.29, 0.717) is 0 Å². The smallest absolute Gasteiger partial charge is 0.459 e. The van der Waals surface area contributed by atoms with E-state index in [-0.39, 0.29) is 0 Å². The number of esters is 1. The molecule has 1 rings (SSSR count). The van der Waals surface area contributed by atoms with E-state index in [9.17, 15) is 31.9 Å². The molecule has 26 heavy (non-hydrogen) atoms. The number of alkyl halides is 3. The Labute approximate surface area is 147 Å². The first-order valence-electron chi connectivity index (χ1n) is 7.51. The topological polar surface area (TPSA) is 72.5 Å². The van der Waals surface area contributed by atoms with Crippen LogP contribution in [0.4, 0.5) is 23.2 Å². The standard InChI is InChI=1S/C17H19F4NO4/c1-9(23)16(5,14(25)26-15(2,3)4)11-8-10(18)6-7-12(11)22-13(24)17(19,20)21/h6-8H,1-5H3,(H,22,24)/t16-/m1/s1. The highest BCUT2D eigenvalue weighted by Crippen LogP contribution is 2.35. The number of amides is 1. The summed E-state index contributed by atoms with van der Waals surface area (Å²) in [4.78, 5) is 36.0. The maximum absolute atomic E-state index is 13.7. The Morgan fingerprint density at radius 1 is 1.04 bits per heavy atom. The third kappa shape index (κ3) is 4.80. The van der Waals surface area contributed by atoms with Crippen molar-refractivity contribution in [2.24, 2.45) is 0 Å². The van der Waals surface area contributed by atoms with E-state index in [4.69, 9.17) is 4.74 Å². The van der Waals surface area contributed by atoms with Gasteiger partial charge in [-0.1, -0.05) is 0 Å². The van der Waals surface area contributed by atoms with Gasteiger partial charge in [-0.2, -0.15) is 13.2 Å². The Balaban J connectivity index is 3.52. The van der Waals surface area contributed by atoms with Crippen LogP contribution in [0.1, 0.15) is 40.2 Å². The summed E-state index contributed by atoms with van der Waals surface area (Å²) in [5.74, 6) is -5.09. The number of nitrogens with one attached hydrogen (secondary N) is 1. The number of hydrogen-bond donors (Lipinski definition) is 1. The van der Waals surface area contributed by atoms with Gasteiger partial charge >= 0.3 is 18.1 Å². The lowest BCUT2D eigenvalue weighted by molar-refractivity contribution is -0.167. The normalized spacial score (nSPS) is 14.3. The van der Waals surface area contributed by atoms with Crippen LogP contribution in [0.15, 0.2) is 18.2 Å². The summed E-state index contributed by atoms with van der Waals surface area (Å²) in [6.45, 7) is 6.71. The number of ether oxygens (including phenoxy) is 1. The molecule has 0 radical (unpaired) electrons. The average Bonchev–Trinajstić information content (AvgIpc) is 2.45. The van der Waals surface area contributed by atoms with Crippen molar-refractivity contribution < 1.29 is 36.7 Å². The molecule has 1 atom stereocenters. The summed E-state index contributed by atoms with van der Waals surface area (Å²) >= 11 is 0. The molecule has 0 heterocycles. The van der Waals surface area contributed by atoms with Crippen LogP contribution in [0.2, 0.25) is 0 Å². The Morgan fingerprint density at radius 2 is 1.58 bits per heavy atom. The minimum atomic E-state index is -5.20. The van der Waals surface area contributed by atoms with Crippen LogP contribution in [0.3, 0.4) is 0 Å². The molecule has 0 unspecified atom stereocenters. The number of Topliss-reactive ketones (excluding diaryl/α,β-unsaturated/α-hetero) is 1. The zero-order chi connectivity index (χ0) is 20.5. The predicted octanol–water partition coefficient (Wildman–Crippen LogP) is 3.51. The molecule has 0 aliphatic carbocycles. The number of anilines is 1. The third-order valence-corrected chi connectivity index (χ3v) is 3.54. The highest BCUT2D eigenvalue weighted by molar-refractivity contribution is 6.10. The van der Waals surface area contributed by atoms with Crippen LogP contribution < -0.4 is 5.32 Å². The van der Waals surface area contributed by atoms with Crippen molar-refractivity contribution in [2.75, 3.05) is 5.32 Å².